The molecule has 0 amide bonds. The normalized spacial score (nSPS) is 15.4. The zero-order chi connectivity index (χ0) is 19.4. The fourth-order valence-electron chi connectivity index (χ4n) is 2.76. The summed E-state index contributed by atoms with van der Waals surface area (Å²) < 4.78 is 32.0. The van der Waals surface area contributed by atoms with Crippen molar-refractivity contribution in [2.24, 2.45) is 0 Å². The number of nitro groups is 1. The number of para-hydroxylation sites is 1. The lowest BCUT2D eigenvalue weighted by Gasteiger charge is -2.26. The van der Waals surface area contributed by atoms with Gasteiger partial charge in [-0.05, 0) is 30.5 Å². The molecule has 0 aromatic heterocycles. The van der Waals surface area contributed by atoms with Crippen LogP contribution >= 0.6 is 11.8 Å². The molecule has 144 valence electrons. The van der Waals surface area contributed by atoms with Crippen molar-refractivity contribution in [1.82, 2.24) is 4.31 Å². The Labute approximate surface area is 161 Å². The molecule has 0 atom stereocenters. The third kappa shape index (κ3) is 4.24. The van der Waals surface area contributed by atoms with Gasteiger partial charge in [0.1, 0.15) is 5.69 Å². The summed E-state index contributed by atoms with van der Waals surface area (Å²) >= 11 is 1.51. The van der Waals surface area contributed by atoms with Crippen molar-refractivity contribution in [2.75, 3.05) is 37.9 Å². The molecule has 1 aliphatic heterocycles. The number of morpholine rings is 1. The van der Waals surface area contributed by atoms with Crippen LogP contribution in [0.2, 0.25) is 0 Å². The van der Waals surface area contributed by atoms with Crippen LogP contribution in [0.3, 0.4) is 0 Å². The van der Waals surface area contributed by atoms with Gasteiger partial charge in [0.25, 0.3) is 5.69 Å². The minimum atomic E-state index is -3.80. The van der Waals surface area contributed by atoms with Crippen molar-refractivity contribution in [2.45, 2.75) is 9.79 Å². The molecular weight excluding hydrogens is 390 g/mol. The Hall–Kier alpha value is -2.14. The Kier molecular flexibility index (Phi) is 6.00. The van der Waals surface area contributed by atoms with Crippen molar-refractivity contribution in [1.29, 1.82) is 0 Å². The van der Waals surface area contributed by atoms with Crippen molar-refractivity contribution in [3.63, 3.8) is 0 Å². The van der Waals surface area contributed by atoms with Gasteiger partial charge in [-0.2, -0.15) is 4.31 Å². The molecule has 1 fully saturated rings. The van der Waals surface area contributed by atoms with Gasteiger partial charge in [-0.25, -0.2) is 8.42 Å². The lowest BCUT2D eigenvalue weighted by atomic mass is 10.2. The predicted octanol–water partition coefficient (Wildman–Crippen LogP) is 3.08. The zero-order valence-corrected chi connectivity index (χ0v) is 16.3. The quantitative estimate of drug-likeness (QED) is 0.444. The van der Waals surface area contributed by atoms with Gasteiger partial charge in [0, 0.05) is 24.1 Å². The SMILES string of the molecule is CSc1ccccc1Nc1ccc(S(=O)(=O)N2CCOCC2)cc1[N+](=O)[O-]. The molecule has 0 radical (unpaired) electrons. The molecule has 1 saturated heterocycles. The van der Waals surface area contributed by atoms with Gasteiger partial charge in [-0.3, -0.25) is 10.1 Å². The Morgan fingerprint density at radius 1 is 1.15 bits per heavy atom. The van der Waals surface area contributed by atoms with Crippen LogP contribution < -0.4 is 5.32 Å². The van der Waals surface area contributed by atoms with Gasteiger partial charge in [-0.1, -0.05) is 12.1 Å². The summed E-state index contributed by atoms with van der Waals surface area (Å²) in [6.45, 7) is 1.09. The second-order valence-corrected chi connectivity index (χ2v) is 8.56. The minimum Gasteiger partial charge on any atom is -0.379 e. The number of thioether (sulfide) groups is 1. The highest BCUT2D eigenvalue weighted by Crippen LogP contribution is 2.34. The summed E-state index contributed by atoms with van der Waals surface area (Å²) in [6.07, 6.45) is 1.91. The number of benzene rings is 2. The van der Waals surface area contributed by atoms with E-state index >= 15 is 0 Å². The molecule has 3 rings (SSSR count). The number of nitrogens with zero attached hydrogens (tertiary/aromatic N) is 2. The van der Waals surface area contributed by atoms with Crippen LogP contribution in [0, 0.1) is 10.1 Å². The number of nitro benzene ring substituents is 1. The van der Waals surface area contributed by atoms with Crippen molar-refractivity contribution >= 4 is 38.8 Å². The molecule has 0 bridgehead atoms. The molecule has 0 saturated carbocycles. The summed E-state index contributed by atoms with van der Waals surface area (Å²) in [6, 6.07) is 11.3. The zero-order valence-electron chi connectivity index (χ0n) is 14.6. The van der Waals surface area contributed by atoms with Crippen LogP contribution in [0.25, 0.3) is 0 Å². The summed E-state index contributed by atoms with van der Waals surface area (Å²) in [4.78, 5) is 11.8. The van der Waals surface area contributed by atoms with Crippen LogP contribution in [0.5, 0.6) is 0 Å². The molecule has 2 aromatic carbocycles. The van der Waals surface area contributed by atoms with E-state index in [2.05, 4.69) is 5.32 Å². The molecule has 8 nitrogen and oxygen atoms in total. The molecule has 1 heterocycles. The number of nitrogens with one attached hydrogen (secondary N) is 1. The van der Waals surface area contributed by atoms with Crippen LogP contribution in [-0.2, 0) is 14.8 Å². The maximum atomic E-state index is 12.8. The van der Waals surface area contributed by atoms with Gasteiger partial charge >= 0.3 is 0 Å². The van der Waals surface area contributed by atoms with Crippen molar-refractivity contribution in [3.8, 4) is 0 Å². The maximum Gasteiger partial charge on any atom is 0.294 e. The van der Waals surface area contributed by atoms with E-state index in [-0.39, 0.29) is 29.4 Å². The van der Waals surface area contributed by atoms with Crippen LogP contribution in [-0.4, -0.2) is 50.2 Å². The van der Waals surface area contributed by atoms with E-state index in [4.69, 9.17) is 4.74 Å². The van der Waals surface area contributed by atoms with E-state index in [0.29, 0.717) is 13.2 Å². The van der Waals surface area contributed by atoms with Crippen molar-refractivity contribution in [3.05, 3.63) is 52.6 Å². The standard InChI is InChI=1S/C17H19N3O5S2/c1-26-17-5-3-2-4-15(17)18-14-7-6-13(12-16(14)20(21)22)27(23,24)19-8-10-25-11-9-19/h2-7,12,18H,8-11H2,1H3. The number of sulfonamides is 1. The average Bonchev–Trinajstić information content (AvgIpc) is 2.69. The van der Waals surface area contributed by atoms with Gasteiger partial charge < -0.3 is 10.1 Å². The molecule has 27 heavy (non-hydrogen) atoms. The molecule has 0 spiro atoms. The maximum absolute atomic E-state index is 12.8. The molecule has 1 aliphatic rings. The Morgan fingerprint density at radius 2 is 1.85 bits per heavy atom. The Bertz CT molecular complexity index is 943. The van der Waals surface area contributed by atoms with Crippen molar-refractivity contribution < 1.29 is 18.1 Å². The van der Waals surface area contributed by atoms with Crippen LogP contribution in [0.1, 0.15) is 0 Å². The first-order chi connectivity index (χ1) is 12.9. The summed E-state index contributed by atoms with van der Waals surface area (Å²) in [7, 11) is -3.80. The van der Waals surface area contributed by atoms with Gasteiger partial charge in [0.15, 0.2) is 0 Å². The fraction of sp³-hybridized carbons (Fsp3) is 0.294. The summed E-state index contributed by atoms with van der Waals surface area (Å²) in [5.41, 5.74) is 0.666. The first-order valence-corrected chi connectivity index (χ1v) is 10.9. The highest BCUT2D eigenvalue weighted by atomic mass is 32.2. The van der Waals surface area contributed by atoms with E-state index in [1.807, 2.05) is 30.5 Å². The summed E-state index contributed by atoms with van der Waals surface area (Å²) in [5, 5.41) is 14.6. The molecule has 0 unspecified atom stereocenters. The number of rotatable bonds is 6. The molecule has 1 N–H and O–H groups in total. The topological polar surface area (TPSA) is 102 Å². The summed E-state index contributed by atoms with van der Waals surface area (Å²) in [5.74, 6) is 0. The Morgan fingerprint density at radius 3 is 2.52 bits per heavy atom. The molecule has 0 aliphatic carbocycles. The molecular formula is C17H19N3O5S2. The second kappa shape index (κ2) is 8.26. The van der Waals surface area contributed by atoms with E-state index < -0.39 is 14.9 Å². The third-order valence-electron chi connectivity index (χ3n) is 4.15. The van der Waals surface area contributed by atoms with Gasteiger partial charge in [0.05, 0.1) is 28.7 Å². The number of ether oxygens (including phenoxy) is 1. The van der Waals surface area contributed by atoms with E-state index in [0.717, 1.165) is 16.6 Å². The van der Waals surface area contributed by atoms with Gasteiger partial charge in [0.2, 0.25) is 10.0 Å². The van der Waals surface area contributed by atoms with E-state index in [1.54, 1.807) is 0 Å². The smallest absolute Gasteiger partial charge is 0.294 e. The van der Waals surface area contributed by atoms with Crippen LogP contribution in [0.15, 0.2) is 52.3 Å². The fourth-order valence-corrected chi connectivity index (χ4v) is 4.74. The predicted molar refractivity (Wildman–Crippen MR) is 104 cm³/mol. The second-order valence-electron chi connectivity index (χ2n) is 5.78. The first-order valence-electron chi connectivity index (χ1n) is 8.20. The lowest BCUT2D eigenvalue weighted by Crippen LogP contribution is -2.40. The molecule has 10 heteroatoms. The monoisotopic (exact) mass is 409 g/mol. The number of anilines is 2. The average molecular weight is 409 g/mol. The number of hydrogen-bond donors (Lipinski definition) is 1. The molecule has 2 aromatic rings. The van der Waals surface area contributed by atoms with Crippen LogP contribution in [0.4, 0.5) is 17.1 Å². The van der Waals surface area contributed by atoms with E-state index in [9.17, 15) is 18.5 Å². The minimum absolute atomic E-state index is 0.0974. The first kappa shape index (κ1) is 19.6. The van der Waals surface area contributed by atoms with E-state index in [1.165, 1.54) is 28.2 Å². The largest absolute Gasteiger partial charge is 0.379 e. The van der Waals surface area contributed by atoms with Gasteiger partial charge in [-0.15, -0.1) is 11.8 Å². The highest BCUT2D eigenvalue weighted by molar-refractivity contribution is 7.98. The number of hydrogen-bond acceptors (Lipinski definition) is 7. The Balaban J connectivity index is 1.97. The highest BCUT2D eigenvalue weighted by Gasteiger charge is 2.29. The lowest BCUT2D eigenvalue weighted by molar-refractivity contribution is -0.384. The third-order valence-corrected chi connectivity index (χ3v) is 6.84.